The fraction of sp³-hybridized carbons (Fsp3) is 0.319. The molecule has 2 heterocycles. The van der Waals surface area contributed by atoms with Crippen LogP contribution in [0.5, 0.6) is 0 Å². The van der Waals surface area contributed by atoms with Crippen LogP contribution in [0.15, 0.2) is 136 Å². The lowest BCUT2D eigenvalue weighted by Crippen LogP contribution is -3.00. The van der Waals surface area contributed by atoms with Gasteiger partial charge >= 0.3 is 0 Å². The summed E-state index contributed by atoms with van der Waals surface area (Å²) >= 11 is 0. The van der Waals surface area contributed by atoms with Gasteiger partial charge in [-0.05, 0) is 54.8 Å². The van der Waals surface area contributed by atoms with Crippen LogP contribution in [0.3, 0.4) is 0 Å². The van der Waals surface area contributed by atoms with Gasteiger partial charge in [0.15, 0.2) is 0 Å². The van der Waals surface area contributed by atoms with E-state index >= 15 is 0 Å². The highest BCUT2D eigenvalue weighted by molar-refractivity contribution is 7.89. The number of halogens is 1. The number of anilines is 2. The van der Waals surface area contributed by atoms with Crippen LogP contribution in [0.1, 0.15) is 12.8 Å². The Morgan fingerprint density at radius 2 is 1.48 bits per heavy atom. The Morgan fingerprint density at radius 3 is 2.19 bits per heavy atom. The Labute approximate surface area is 374 Å². The van der Waals surface area contributed by atoms with Crippen LogP contribution in [0.2, 0.25) is 0 Å². The zero-order valence-corrected chi connectivity index (χ0v) is 37.0. The standard InChI is InChI=1S/C47H51N7O7S.ClH/c1-52(36-11-5-3-6-12-36)38-17-19-40-43(33-38)61-44-34-39(53(2)37-13-7-4-8-14-37)18-20-41(44)46(40)42-15-9-10-16-45(42)62(56,57)54-25-21-35(22-26-54)47(55)49-23-27-58-29-31-60-32-30-59-28-24-50-51-48;/h3-20,33-35H,21-32H2,1-2H3;1H. The van der Waals surface area contributed by atoms with Crippen LogP contribution in [0.25, 0.3) is 43.9 Å². The number of azide groups is 1. The van der Waals surface area contributed by atoms with Gasteiger partial charge in [0.2, 0.25) is 27.0 Å². The summed E-state index contributed by atoms with van der Waals surface area (Å²) < 4.78 is 56.0. The number of piperidine rings is 1. The summed E-state index contributed by atoms with van der Waals surface area (Å²) in [5.74, 6) is 0.196. The van der Waals surface area contributed by atoms with Gasteiger partial charge in [-0.2, -0.15) is 8.88 Å². The van der Waals surface area contributed by atoms with E-state index in [4.69, 9.17) is 24.2 Å². The number of nitrogens with one attached hydrogen (secondary N) is 1. The van der Waals surface area contributed by atoms with Crippen LogP contribution in [0, 0.1) is 5.92 Å². The zero-order chi connectivity index (χ0) is 43.3. The predicted molar refractivity (Wildman–Crippen MR) is 241 cm³/mol. The first kappa shape index (κ1) is 46.7. The molecule has 1 N–H and O–H groups in total. The van der Waals surface area contributed by atoms with Gasteiger partial charge in [0.05, 0.1) is 50.6 Å². The molecule has 0 unspecified atom stereocenters. The van der Waals surface area contributed by atoms with E-state index in [1.165, 1.54) is 4.31 Å². The number of fused-ring (bicyclic) bond motifs is 2. The molecule has 0 atom stereocenters. The molecule has 7 rings (SSSR count). The topological polar surface area (TPSA) is 162 Å². The molecule has 330 valence electrons. The number of para-hydroxylation sites is 2. The first-order chi connectivity index (χ1) is 30.3. The number of rotatable bonds is 19. The molecule has 0 radical (unpaired) electrons. The molecule has 63 heavy (non-hydrogen) atoms. The molecule has 16 heteroatoms. The van der Waals surface area contributed by atoms with E-state index in [0.717, 1.165) is 38.9 Å². The molecule has 4 aromatic rings. The average Bonchev–Trinajstić information content (AvgIpc) is 3.32. The number of benzene rings is 5. The Morgan fingerprint density at radius 1 is 0.825 bits per heavy atom. The highest BCUT2D eigenvalue weighted by atomic mass is 35.5. The van der Waals surface area contributed by atoms with E-state index in [1.54, 1.807) is 12.1 Å². The highest BCUT2D eigenvalue weighted by Gasteiger charge is 2.34. The maximum Gasteiger partial charge on any atom is 0.243 e. The van der Waals surface area contributed by atoms with Gasteiger partial charge in [0, 0.05) is 102 Å². The minimum absolute atomic E-state index is 0. The SMILES string of the molecule is CN(c1ccccc1)c1ccc2c(-c3ccccc3S(=O)(=O)N3CCC(C(=O)NCCOCCOCCOCCN=[N+]=[N-])CC3)c3ccc(=[N+](C)c4ccccc4)cc-3oc2c1.[Cl-]. The fourth-order valence-corrected chi connectivity index (χ4v) is 9.32. The molecule has 0 aromatic heterocycles. The lowest BCUT2D eigenvalue weighted by atomic mass is 9.93. The number of nitrogens with zero attached hydrogens (tertiary/aromatic N) is 6. The Kier molecular flexibility index (Phi) is 16.7. The van der Waals surface area contributed by atoms with Crippen molar-refractivity contribution in [1.29, 1.82) is 0 Å². The number of ether oxygens (including phenoxy) is 3. The average molecular weight is 894 g/mol. The van der Waals surface area contributed by atoms with Crippen molar-refractivity contribution in [3.8, 4) is 22.5 Å². The molecule has 1 fully saturated rings. The maximum atomic E-state index is 14.7. The molecule has 1 saturated heterocycles. The Balaban J connectivity index is 0.00000661. The molecule has 4 aromatic carbocycles. The molecule has 0 saturated carbocycles. The minimum atomic E-state index is -3.99. The Hall–Kier alpha value is -5.77. The van der Waals surface area contributed by atoms with Gasteiger partial charge in [-0.25, -0.2) is 8.42 Å². The third-order valence-electron chi connectivity index (χ3n) is 11.0. The van der Waals surface area contributed by atoms with Gasteiger partial charge in [-0.3, -0.25) is 4.79 Å². The van der Waals surface area contributed by atoms with E-state index in [1.807, 2.05) is 123 Å². The van der Waals surface area contributed by atoms with E-state index in [2.05, 4.69) is 24.8 Å². The van der Waals surface area contributed by atoms with Crippen molar-refractivity contribution in [3.05, 3.63) is 137 Å². The number of amides is 1. The summed E-state index contributed by atoms with van der Waals surface area (Å²) in [5, 5.41) is 8.04. The molecule has 1 amide bonds. The number of carbonyl (C=O) groups excluding carboxylic acids is 1. The second-order valence-electron chi connectivity index (χ2n) is 14.9. The van der Waals surface area contributed by atoms with E-state index in [9.17, 15) is 13.2 Å². The third kappa shape index (κ3) is 11.4. The first-order valence-electron chi connectivity index (χ1n) is 20.8. The second kappa shape index (κ2) is 22.5. The second-order valence-corrected chi connectivity index (χ2v) is 16.8. The third-order valence-corrected chi connectivity index (χ3v) is 13.0. The van der Waals surface area contributed by atoms with Crippen molar-refractivity contribution in [2.24, 2.45) is 11.0 Å². The van der Waals surface area contributed by atoms with Crippen LogP contribution in [0.4, 0.5) is 17.1 Å². The van der Waals surface area contributed by atoms with Gasteiger partial charge in [-0.15, -0.1) is 0 Å². The summed E-state index contributed by atoms with van der Waals surface area (Å²) in [6.07, 6.45) is 0.802. The largest absolute Gasteiger partial charge is 1.00 e. The summed E-state index contributed by atoms with van der Waals surface area (Å²) in [5.41, 5.74) is 14.0. The monoisotopic (exact) mass is 893 g/mol. The number of carbonyl (C=O) groups is 1. The van der Waals surface area contributed by atoms with Gasteiger partial charge in [-0.1, -0.05) is 59.7 Å². The first-order valence-corrected chi connectivity index (χ1v) is 22.2. The Bertz CT molecular complexity index is 2650. The molecular weight excluding hydrogens is 842 g/mol. The minimum Gasteiger partial charge on any atom is -1.00 e. The predicted octanol–water partition coefficient (Wildman–Crippen LogP) is 4.59. The van der Waals surface area contributed by atoms with Crippen LogP contribution < -0.4 is 32.6 Å². The van der Waals surface area contributed by atoms with E-state index < -0.39 is 10.0 Å². The summed E-state index contributed by atoms with van der Waals surface area (Å²) in [6, 6.07) is 39.4. The van der Waals surface area contributed by atoms with Crippen LogP contribution in [-0.2, 0) is 29.0 Å². The summed E-state index contributed by atoms with van der Waals surface area (Å²) in [6.45, 7) is 3.28. The quantitative estimate of drug-likeness (QED) is 0.0309. The molecular formula is C47H52ClN7O7S. The molecule has 0 spiro atoms. The normalized spacial score (nSPS) is 13.9. The van der Waals surface area contributed by atoms with Crippen LogP contribution >= 0.6 is 0 Å². The lowest BCUT2D eigenvalue weighted by Gasteiger charge is -2.31. The van der Waals surface area contributed by atoms with Crippen molar-refractivity contribution in [2.45, 2.75) is 17.7 Å². The number of hydrogen-bond acceptors (Lipinski definition) is 9. The van der Waals surface area contributed by atoms with Crippen LogP contribution in [-0.4, -0.2) is 98.5 Å². The molecule has 2 aliphatic heterocycles. The van der Waals surface area contributed by atoms with Gasteiger partial charge < -0.3 is 41.3 Å². The molecule has 14 nitrogen and oxygen atoms in total. The fourth-order valence-electron chi connectivity index (χ4n) is 7.65. The molecule has 0 bridgehead atoms. The van der Waals surface area contributed by atoms with E-state index in [-0.39, 0.29) is 48.8 Å². The number of sulfonamides is 1. The van der Waals surface area contributed by atoms with Crippen molar-refractivity contribution in [2.75, 3.05) is 84.8 Å². The van der Waals surface area contributed by atoms with Gasteiger partial charge in [0.25, 0.3) is 0 Å². The number of hydrogen-bond donors (Lipinski definition) is 1. The van der Waals surface area contributed by atoms with Gasteiger partial charge in [0.1, 0.15) is 18.4 Å². The zero-order valence-electron chi connectivity index (χ0n) is 35.4. The van der Waals surface area contributed by atoms with Crippen molar-refractivity contribution < 1.29 is 44.2 Å². The maximum absolute atomic E-state index is 14.7. The highest BCUT2D eigenvalue weighted by Crippen LogP contribution is 2.44. The lowest BCUT2D eigenvalue weighted by molar-refractivity contribution is -0.126. The summed E-state index contributed by atoms with van der Waals surface area (Å²) in [7, 11) is 0.0275. The smallest absolute Gasteiger partial charge is 0.243 e. The van der Waals surface area contributed by atoms with Crippen molar-refractivity contribution in [1.82, 2.24) is 14.2 Å². The van der Waals surface area contributed by atoms with Crippen molar-refractivity contribution in [3.63, 3.8) is 0 Å². The summed E-state index contributed by atoms with van der Waals surface area (Å²) in [4.78, 5) is 18.0. The van der Waals surface area contributed by atoms with Crippen molar-refractivity contribution >= 4 is 44.0 Å². The molecule has 3 aliphatic rings. The van der Waals surface area contributed by atoms with E-state index in [0.29, 0.717) is 75.9 Å². The molecule has 1 aliphatic carbocycles.